The van der Waals surface area contributed by atoms with Crippen LogP contribution < -0.4 is 0 Å². The molecule has 0 aliphatic carbocycles. The number of esters is 1. The van der Waals surface area contributed by atoms with E-state index >= 15 is 0 Å². The van der Waals surface area contributed by atoms with Crippen molar-refractivity contribution in [2.75, 3.05) is 26.4 Å². The van der Waals surface area contributed by atoms with Crippen molar-refractivity contribution in [2.24, 2.45) is 0 Å². The molecule has 0 aromatic heterocycles. The van der Waals surface area contributed by atoms with Crippen LogP contribution in [0.4, 0.5) is 0 Å². The summed E-state index contributed by atoms with van der Waals surface area (Å²) in [6.45, 7) is 3.80. The molecule has 0 spiro atoms. The third-order valence-electron chi connectivity index (χ3n) is 8.97. The molecule has 1 saturated heterocycles. The van der Waals surface area contributed by atoms with E-state index in [1.807, 2.05) is 0 Å². The topological polar surface area (TPSA) is 178 Å². The molecule has 0 aromatic rings. The van der Waals surface area contributed by atoms with Gasteiger partial charge in [0.15, 0.2) is 6.29 Å². The van der Waals surface area contributed by atoms with Crippen molar-refractivity contribution in [3.05, 3.63) is 48.6 Å². The Morgan fingerprint density at radius 1 is 0.722 bits per heavy atom. The van der Waals surface area contributed by atoms with Crippen molar-refractivity contribution >= 4 is 16.4 Å². The number of unbranched alkanes of at least 4 members (excludes halogenated alkanes) is 13. The Bertz CT molecular complexity index is 1140. The molecule has 1 aliphatic rings. The lowest BCUT2D eigenvalue weighted by molar-refractivity contribution is -0.301. The fourth-order valence-corrected chi connectivity index (χ4v) is 6.41. The van der Waals surface area contributed by atoms with Crippen LogP contribution in [0.5, 0.6) is 0 Å². The van der Waals surface area contributed by atoms with Crippen molar-refractivity contribution in [3.8, 4) is 0 Å². The highest BCUT2D eigenvalue weighted by Gasteiger charge is 2.48. The van der Waals surface area contributed by atoms with E-state index in [0.717, 1.165) is 83.5 Å². The molecule has 0 amide bonds. The van der Waals surface area contributed by atoms with Crippen LogP contribution in [-0.2, 0) is 38.3 Å². The highest BCUT2D eigenvalue weighted by Crippen LogP contribution is 2.26. The Morgan fingerprint density at radius 2 is 1.28 bits per heavy atom. The van der Waals surface area contributed by atoms with E-state index in [0.29, 0.717) is 13.0 Å². The second kappa shape index (κ2) is 33.2. The number of hydrogen-bond acceptors (Lipinski definition) is 11. The van der Waals surface area contributed by atoms with Crippen molar-refractivity contribution < 1.29 is 56.2 Å². The number of aliphatic hydroxyl groups is 3. The van der Waals surface area contributed by atoms with Gasteiger partial charge in [0, 0.05) is 13.0 Å². The van der Waals surface area contributed by atoms with Gasteiger partial charge in [0.25, 0.3) is 0 Å². The predicted octanol–water partition coefficient (Wildman–Crippen LogP) is 7.63. The van der Waals surface area contributed by atoms with Crippen LogP contribution >= 0.6 is 0 Å². The summed E-state index contributed by atoms with van der Waals surface area (Å²) in [7, 11) is -5.06. The van der Waals surface area contributed by atoms with Crippen molar-refractivity contribution in [1.82, 2.24) is 0 Å². The highest BCUT2D eigenvalue weighted by atomic mass is 32.3. The average Bonchev–Trinajstić information content (AvgIpc) is 3.14. The Hall–Kier alpha value is -1.94. The van der Waals surface area contributed by atoms with Crippen LogP contribution in [0.1, 0.15) is 142 Å². The molecule has 6 atom stereocenters. The van der Waals surface area contributed by atoms with Gasteiger partial charge in [-0.15, -0.1) is 0 Å². The van der Waals surface area contributed by atoms with E-state index in [2.05, 4.69) is 66.6 Å². The van der Waals surface area contributed by atoms with E-state index in [-0.39, 0.29) is 19.6 Å². The second-order valence-electron chi connectivity index (χ2n) is 13.9. The number of hydrogen-bond donors (Lipinski definition) is 4. The lowest BCUT2D eigenvalue weighted by Crippen LogP contribution is -2.60. The third kappa shape index (κ3) is 26.8. The Kier molecular flexibility index (Phi) is 30.8. The van der Waals surface area contributed by atoms with E-state index in [1.54, 1.807) is 0 Å². The molecule has 0 saturated carbocycles. The second-order valence-corrected chi connectivity index (χ2v) is 14.9. The van der Waals surface area contributed by atoms with E-state index in [4.69, 9.17) is 23.5 Å². The Balaban J connectivity index is 2.44. The first-order valence-electron chi connectivity index (χ1n) is 20.4. The lowest BCUT2D eigenvalue weighted by atomic mass is 9.99. The van der Waals surface area contributed by atoms with Gasteiger partial charge in [0.2, 0.25) is 0 Å². The van der Waals surface area contributed by atoms with E-state index < -0.39 is 59.8 Å². The molecule has 13 heteroatoms. The molecule has 4 N–H and O–H groups in total. The molecule has 1 aliphatic heterocycles. The van der Waals surface area contributed by atoms with Gasteiger partial charge in [0.1, 0.15) is 30.5 Å². The van der Waals surface area contributed by atoms with Gasteiger partial charge < -0.3 is 34.3 Å². The molecule has 0 bridgehead atoms. The zero-order valence-electron chi connectivity index (χ0n) is 33.0. The minimum absolute atomic E-state index is 0.0291. The minimum Gasteiger partial charge on any atom is -0.457 e. The quantitative estimate of drug-likeness (QED) is 0.0217. The number of aliphatic hydroxyl groups excluding tert-OH is 3. The van der Waals surface area contributed by atoms with Crippen LogP contribution in [0.3, 0.4) is 0 Å². The van der Waals surface area contributed by atoms with Gasteiger partial charge in [-0.25, -0.2) is 4.18 Å². The zero-order valence-corrected chi connectivity index (χ0v) is 33.8. The summed E-state index contributed by atoms with van der Waals surface area (Å²) in [4.78, 5) is 12.8. The zero-order chi connectivity index (χ0) is 39.7. The van der Waals surface area contributed by atoms with E-state index in [9.17, 15) is 28.5 Å². The highest BCUT2D eigenvalue weighted by molar-refractivity contribution is 7.80. The smallest absolute Gasteiger partial charge is 0.397 e. The summed E-state index contributed by atoms with van der Waals surface area (Å²) in [5.74, 6) is -0.417. The summed E-state index contributed by atoms with van der Waals surface area (Å²) in [6, 6.07) is 0. The first-order chi connectivity index (χ1) is 26.1. The van der Waals surface area contributed by atoms with Gasteiger partial charge in [-0.3, -0.25) is 9.35 Å². The van der Waals surface area contributed by atoms with Gasteiger partial charge in [-0.2, -0.15) is 8.42 Å². The molecule has 1 heterocycles. The fraction of sp³-hybridized carbons (Fsp3) is 0.780. The summed E-state index contributed by atoms with van der Waals surface area (Å²) in [5.41, 5.74) is 0. The van der Waals surface area contributed by atoms with Gasteiger partial charge >= 0.3 is 16.4 Å². The average molecular weight is 789 g/mol. The maximum Gasteiger partial charge on any atom is 0.397 e. The Morgan fingerprint density at radius 3 is 1.87 bits per heavy atom. The molecule has 314 valence electrons. The molecule has 0 aromatic carbocycles. The molecular formula is C41H72O12S. The van der Waals surface area contributed by atoms with E-state index in [1.165, 1.54) is 32.1 Å². The molecule has 12 nitrogen and oxygen atoms in total. The number of ether oxygens (including phenoxy) is 4. The van der Waals surface area contributed by atoms with Crippen molar-refractivity contribution in [2.45, 2.75) is 179 Å². The largest absolute Gasteiger partial charge is 0.457 e. The molecule has 0 radical (unpaired) electrons. The van der Waals surface area contributed by atoms with Crippen molar-refractivity contribution in [3.63, 3.8) is 0 Å². The number of rotatable bonds is 34. The number of carbonyl (C=O) groups excluding carboxylic acids is 1. The summed E-state index contributed by atoms with van der Waals surface area (Å²) in [5, 5.41) is 30.5. The molecule has 54 heavy (non-hydrogen) atoms. The standard InChI is InChI=1S/C41H72O12S/c1-3-5-7-9-11-13-14-15-16-17-18-19-20-21-22-23-24-26-28-30-37(43)51-35(33-49-31-29-27-25-12-10-8-6-4-2)34-50-41-39(45)40(53-54(46,47)48)38(44)36(32-42)52-41/h5,7,11,13,15-16,18-19,35-36,38-42,44-45H,3-4,6,8-10,12,14,17,20-34H2,1-2H3,(H,46,47,48)/b7-5-,13-11-,16-15-,19-18-. The van der Waals surface area contributed by atoms with Gasteiger partial charge in [-0.1, -0.05) is 133 Å². The first-order valence-corrected chi connectivity index (χ1v) is 21.8. The maximum absolute atomic E-state index is 12.8. The summed E-state index contributed by atoms with van der Waals surface area (Å²) < 4.78 is 58.7. The number of carbonyl (C=O) groups is 1. The first kappa shape index (κ1) is 50.1. The SMILES string of the molecule is CC/C=C\C/C=C\C/C=C\C/C=C\CCCCCCCCC(=O)OC(COCCCCCCCCCC)COC1OC(CO)C(O)C(OS(=O)(=O)O)C1O. The molecule has 6 unspecified atom stereocenters. The maximum atomic E-state index is 12.8. The minimum atomic E-state index is -5.06. The van der Waals surface area contributed by atoms with Crippen LogP contribution in [0.15, 0.2) is 48.6 Å². The molecule has 1 rings (SSSR count). The fourth-order valence-electron chi connectivity index (χ4n) is 5.90. The van der Waals surface area contributed by atoms with Crippen LogP contribution in [0.2, 0.25) is 0 Å². The lowest BCUT2D eigenvalue weighted by Gasteiger charge is -2.41. The monoisotopic (exact) mass is 788 g/mol. The molecular weight excluding hydrogens is 717 g/mol. The van der Waals surface area contributed by atoms with Gasteiger partial charge in [-0.05, 0) is 51.4 Å². The summed E-state index contributed by atoms with van der Waals surface area (Å²) >= 11 is 0. The van der Waals surface area contributed by atoms with Crippen LogP contribution in [0.25, 0.3) is 0 Å². The third-order valence-corrected chi connectivity index (χ3v) is 9.43. The summed E-state index contributed by atoms with van der Waals surface area (Å²) in [6.07, 6.45) is 28.7. The predicted molar refractivity (Wildman–Crippen MR) is 211 cm³/mol. The Labute approximate surface area is 326 Å². The molecule has 1 fully saturated rings. The number of allylic oxidation sites excluding steroid dienone is 8. The van der Waals surface area contributed by atoms with Crippen LogP contribution in [-0.4, -0.2) is 97.5 Å². The van der Waals surface area contributed by atoms with Crippen molar-refractivity contribution in [1.29, 1.82) is 0 Å². The van der Waals surface area contributed by atoms with Crippen LogP contribution in [0, 0.1) is 0 Å². The van der Waals surface area contributed by atoms with Gasteiger partial charge in [0.05, 0.1) is 19.8 Å². The normalized spacial score (nSPS) is 21.6.